The van der Waals surface area contributed by atoms with E-state index in [1.54, 1.807) is 6.07 Å². The molecule has 1 aliphatic rings. The van der Waals surface area contributed by atoms with Gasteiger partial charge in [0, 0.05) is 0 Å². The molecule has 0 aliphatic carbocycles. The SMILES string of the molecule is N#Cc1cc(C(F)(F)F)ccc1OCc1nc(C(=O)N2C[C@@H](O)[C@H](F)C2)co1. The van der Waals surface area contributed by atoms with Crippen molar-refractivity contribution in [2.75, 3.05) is 13.1 Å². The fourth-order valence-electron chi connectivity index (χ4n) is 2.61. The highest BCUT2D eigenvalue weighted by Gasteiger charge is 2.35. The molecule has 148 valence electrons. The Hall–Kier alpha value is -3.13. The minimum absolute atomic E-state index is 0.0660. The normalized spacial score (nSPS) is 19.5. The second-order valence-electron chi connectivity index (χ2n) is 6.03. The van der Waals surface area contributed by atoms with E-state index >= 15 is 0 Å². The Kier molecular flexibility index (Phi) is 5.24. The molecule has 28 heavy (non-hydrogen) atoms. The molecule has 0 unspecified atom stereocenters. The summed E-state index contributed by atoms with van der Waals surface area (Å²) in [6.07, 6.45) is -6.37. The zero-order valence-electron chi connectivity index (χ0n) is 14.1. The van der Waals surface area contributed by atoms with Gasteiger partial charge in [-0.2, -0.15) is 18.4 Å². The number of aliphatic hydroxyl groups is 1. The third kappa shape index (κ3) is 4.07. The van der Waals surface area contributed by atoms with Crippen molar-refractivity contribution in [3.8, 4) is 11.8 Å². The lowest BCUT2D eigenvalue weighted by Crippen LogP contribution is -2.29. The predicted octanol–water partition coefficient (Wildman–Crippen LogP) is 2.30. The molecule has 2 heterocycles. The zero-order valence-corrected chi connectivity index (χ0v) is 14.1. The molecule has 1 aliphatic heterocycles. The molecule has 0 bridgehead atoms. The number of aliphatic hydroxyl groups excluding tert-OH is 1. The van der Waals surface area contributed by atoms with Crippen LogP contribution in [0.4, 0.5) is 17.6 Å². The van der Waals surface area contributed by atoms with Crippen molar-refractivity contribution in [3.05, 3.63) is 47.2 Å². The van der Waals surface area contributed by atoms with Gasteiger partial charge in [-0.25, -0.2) is 9.37 Å². The van der Waals surface area contributed by atoms with Crippen molar-refractivity contribution in [2.45, 2.75) is 25.1 Å². The molecule has 1 aromatic heterocycles. The number of rotatable bonds is 4. The molecule has 11 heteroatoms. The molecular formula is C17H13F4N3O4. The molecule has 1 saturated heterocycles. The smallest absolute Gasteiger partial charge is 0.416 e. The van der Waals surface area contributed by atoms with Crippen LogP contribution in [0.5, 0.6) is 5.75 Å². The average Bonchev–Trinajstić information content (AvgIpc) is 3.25. The summed E-state index contributed by atoms with van der Waals surface area (Å²) in [7, 11) is 0. The van der Waals surface area contributed by atoms with Gasteiger partial charge in [0.05, 0.1) is 24.2 Å². The van der Waals surface area contributed by atoms with Gasteiger partial charge < -0.3 is 19.2 Å². The number of β-amino-alcohol motifs (C(OH)–C–C–N with tert-alkyl or cyclic N) is 1. The fourth-order valence-corrected chi connectivity index (χ4v) is 2.61. The second-order valence-corrected chi connectivity index (χ2v) is 6.03. The Bertz CT molecular complexity index is 912. The van der Waals surface area contributed by atoms with E-state index < -0.39 is 29.9 Å². The average molecular weight is 399 g/mol. The summed E-state index contributed by atoms with van der Waals surface area (Å²) in [5.41, 5.74) is -1.44. The molecule has 2 atom stereocenters. The number of carbonyl (C=O) groups is 1. The van der Waals surface area contributed by atoms with E-state index in [9.17, 15) is 27.5 Å². The maximum absolute atomic E-state index is 13.3. The van der Waals surface area contributed by atoms with Crippen LogP contribution in [0.2, 0.25) is 0 Å². The zero-order chi connectivity index (χ0) is 20.5. The Morgan fingerprint density at radius 3 is 2.79 bits per heavy atom. The minimum atomic E-state index is -4.59. The van der Waals surface area contributed by atoms with E-state index in [-0.39, 0.29) is 42.6 Å². The highest BCUT2D eigenvalue weighted by Crippen LogP contribution is 2.32. The lowest BCUT2D eigenvalue weighted by Gasteiger charge is -2.12. The van der Waals surface area contributed by atoms with Crippen LogP contribution in [0.15, 0.2) is 28.9 Å². The molecule has 2 aromatic rings. The van der Waals surface area contributed by atoms with Crippen molar-refractivity contribution in [2.24, 2.45) is 0 Å². The molecule has 3 rings (SSSR count). The quantitative estimate of drug-likeness (QED) is 0.792. The Morgan fingerprint density at radius 1 is 1.43 bits per heavy atom. The fraction of sp³-hybridized carbons (Fsp3) is 0.353. The van der Waals surface area contributed by atoms with Crippen LogP contribution in [0.1, 0.15) is 27.5 Å². The number of alkyl halides is 4. The van der Waals surface area contributed by atoms with Crippen LogP contribution in [0.3, 0.4) is 0 Å². The van der Waals surface area contributed by atoms with Crippen LogP contribution >= 0.6 is 0 Å². The van der Waals surface area contributed by atoms with Gasteiger partial charge in [0.1, 0.15) is 30.4 Å². The van der Waals surface area contributed by atoms with Crippen LogP contribution in [0, 0.1) is 11.3 Å². The van der Waals surface area contributed by atoms with E-state index in [0.29, 0.717) is 6.07 Å². The third-order valence-corrected chi connectivity index (χ3v) is 4.06. The summed E-state index contributed by atoms with van der Waals surface area (Å²) in [5.74, 6) is -0.811. The topological polar surface area (TPSA) is 99.6 Å². The van der Waals surface area contributed by atoms with Crippen LogP contribution in [-0.4, -0.2) is 46.3 Å². The summed E-state index contributed by atoms with van der Waals surface area (Å²) in [5, 5.41) is 18.4. The van der Waals surface area contributed by atoms with Crippen molar-refractivity contribution >= 4 is 5.91 Å². The Labute approximate surface area is 155 Å². The number of hydrogen-bond acceptors (Lipinski definition) is 6. The number of likely N-dealkylation sites (tertiary alicyclic amines) is 1. The van der Waals surface area contributed by atoms with E-state index in [1.165, 1.54) is 0 Å². The van der Waals surface area contributed by atoms with Crippen LogP contribution in [-0.2, 0) is 12.8 Å². The number of nitriles is 1. The van der Waals surface area contributed by atoms with Gasteiger partial charge in [-0.05, 0) is 18.2 Å². The summed E-state index contributed by atoms with van der Waals surface area (Å²) in [6.45, 7) is -0.784. The third-order valence-electron chi connectivity index (χ3n) is 4.06. The highest BCUT2D eigenvalue weighted by atomic mass is 19.4. The van der Waals surface area contributed by atoms with Crippen LogP contribution < -0.4 is 4.74 Å². The maximum atomic E-state index is 13.3. The number of nitrogens with zero attached hydrogens (tertiary/aromatic N) is 3. The number of ether oxygens (including phenoxy) is 1. The van der Waals surface area contributed by atoms with Gasteiger partial charge in [-0.15, -0.1) is 0 Å². The second kappa shape index (κ2) is 7.47. The molecule has 1 N–H and O–H groups in total. The Morgan fingerprint density at radius 2 is 2.18 bits per heavy atom. The largest absolute Gasteiger partial charge is 0.482 e. The molecule has 1 amide bonds. The summed E-state index contributed by atoms with van der Waals surface area (Å²) < 4.78 is 61.7. The minimum Gasteiger partial charge on any atom is -0.482 e. The number of aromatic nitrogens is 1. The van der Waals surface area contributed by atoms with Crippen molar-refractivity contribution < 1.29 is 36.6 Å². The van der Waals surface area contributed by atoms with E-state index in [0.717, 1.165) is 23.3 Å². The number of carbonyl (C=O) groups excluding carboxylic acids is 1. The van der Waals surface area contributed by atoms with Gasteiger partial charge in [0.25, 0.3) is 5.91 Å². The van der Waals surface area contributed by atoms with Gasteiger partial charge in [-0.3, -0.25) is 4.79 Å². The van der Waals surface area contributed by atoms with Crippen molar-refractivity contribution in [3.63, 3.8) is 0 Å². The lowest BCUT2D eigenvalue weighted by molar-refractivity contribution is -0.137. The first-order chi connectivity index (χ1) is 13.2. The molecule has 1 aromatic carbocycles. The molecule has 0 saturated carbocycles. The van der Waals surface area contributed by atoms with Gasteiger partial charge in [-0.1, -0.05) is 0 Å². The molecule has 0 radical (unpaired) electrons. The lowest BCUT2D eigenvalue weighted by atomic mass is 10.1. The summed E-state index contributed by atoms with van der Waals surface area (Å²) in [4.78, 5) is 17.2. The highest BCUT2D eigenvalue weighted by molar-refractivity contribution is 5.92. The van der Waals surface area contributed by atoms with Gasteiger partial charge in [0.2, 0.25) is 5.89 Å². The number of benzene rings is 1. The molecule has 1 fully saturated rings. The first-order valence-corrected chi connectivity index (χ1v) is 7.99. The monoisotopic (exact) mass is 399 g/mol. The van der Waals surface area contributed by atoms with Gasteiger partial charge >= 0.3 is 6.18 Å². The number of hydrogen-bond donors (Lipinski definition) is 1. The van der Waals surface area contributed by atoms with Gasteiger partial charge in [0.15, 0.2) is 12.3 Å². The predicted molar refractivity (Wildman–Crippen MR) is 83.8 cm³/mol. The van der Waals surface area contributed by atoms with Crippen molar-refractivity contribution in [1.82, 2.24) is 9.88 Å². The van der Waals surface area contributed by atoms with E-state index in [1.807, 2.05) is 0 Å². The number of halogens is 4. The maximum Gasteiger partial charge on any atom is 0.416 e. The number of oxazole rings is 1. The van der Waals surface area contributed by atoms with E-state index in [2.05, 4.69) is 4.98 Å². The molecular weight excluding hydrogens is 386 g/mol. The summed E-state index contributed by atoms with van der Waals surface area (Å²) >= 11 is 0. The molecule has 7 nitrogen and oxygen atoms in total. The molecule has 0 spiro atoms. The standard InChI is InChI=1S/C17H13F4N3O4/c18-11-5-24(6-13(11)25)16(26)12-7-28-15(23-12)8-27-14-2-1-10(17(19,20)21)3-9(14)4-22/h1-3,7,11,13,25H,5-6,8H2/t11-,13-/m1/s1. The van der Waals surface area contributed by atoms with Crippen molar-refractivity contribution in [1.29, 1.82) is 5.26 Å². The number of amides is 1. The summed E-state index contributed by atoms with van der Waals surface area (Å²) in [6, 6.07) is 4.05. The Balaban J connectivity index is 1.66. The van der Waals surface area contributed by atoms with E-state index in [4.69, 9.17) is 14.4 Å². The van der Waals surface area contributed by atoms with Crippen LogP contribution in [0.25, 0.3) is 0 Å². The first kappa shape index (κ1) is 19.6. The first-order valence-electron chi connectivity index (χ1n) is 7.99.